The number of piperazine rings is 1. The third kappa shape index (κ3) is 3.47. The molecule has 0 spiro atoms. The van der Waals surface area contributed by atoms with Crippen molar-refractivity contribution in [3.05, 3.63) is 18.2 Å². The van der Waals surface area contributed by atoms with Gasteiger partial charge in [-0.1, -0.05) is 6.92 Å². The third-order valence-electron chi connectivity index (χ3n) is 3.97. The molecule has 0 aromatic heterocycles. The van der Waals surface area contributed by atoms with Crippen molar-refractivity contribution in [1.29, 1.82) is 0 Å². The van der Waals surface area contributed by atoms with Gasteiger partial charge in [0.2, 0.25) is 12.7 Å². The van der Waals surface area contributed by atoms with Gasteiger partial charge in [0.15, 0.2) is 11.5 Å². The molecule has 3 rings (SSSR count). The first-order valence-electron chi connectivity index (χ1n) is 8.03. The van der Waals surface area contributed by atoms with Gasteiger partial charge in [0.25, 0.3) is 0 Å². The summed E-state index contributed by atoms with van der Waals surface area (Å²) in [4.78, 5) is 25.6. The topological polar surface area (TPSA) is 89.1 Å². The van der Waals surface area contributed by atoms with Crippen LogP contribution in [-0.4, -0.2) is 55.9 Å². The molecule has 1 saturated heterocycles. The molecule has 1 aromatic carbocycles. The van der Waals surface area contributed by atoms with Crippen LogP contribution in [-0.2, 0) is 4.79 Å². The lowest BCUT2D eigenvalue weighted by Gasteiger charge is -2.34. The van der Waals surface area contributed by atoms with Gasteiger partial charge >= 0.3 is 6.03 Å². The van der Waals surface area contributed by atoms with Crippen LogP contribution in [0.3, 0.4) is 0 Å². The second kappa shape index (κ2) is 7.29. The molecule has 3 amide bonds. The Morgan fingerprint density at radius 2 is 2.25 bits per heavy atom. The monoisotopic (exact) mass is 335 g/mol. The molecular formula is C16H21N3O5. The van der Waals surface area contributed by atoms with E-state index in [0.29, 0.717) is 49.9 Å². The first-order chi connectivity index (χ1) is 11.7. The average molecular weight is 335 g/mol. The van der Waals surface area contributed by atoms with Gasteiger partial charge in [-0.25, -0.2) is 4.79 Å². The molecule has 24 heavy (non-hydrogen) atoms. The van der Waals surface area contributed by atoms with Crippen LogP contribution in [0.15, 0.2) is 18.2 Å². The number of nitrogens with one attached hydrogen (secondary N) is 2. The Morgan fingerprint density at radius 3 is 3.08 bits per heavy atom. The number of nitrogens with zero attached hydrogens (tertiary/aromatic N) is 1. The molecule has 8 nitrogen and oxygen atoms in total. The smallest absolute Gasteiger partial charge is 0.318 e. The number of fused-ring (bicyclic) bond motifs is 1. The van der Waals surface area contributed by atoms with Gasteiger partial charge in [0.1, 0.15) is 18.4 Å². The molecule has 2 aliphatic rings. The summed E-state index contributed by atoms with van der Waals surface area (Å²) in [5.74, 6) is 1.90. The fraction of sp³-hybridized carbons (Fsp3) is 0.500. The van der Waals surface area contributed by atoms with Crippen molar-refractivity contribution >= 4 is 11.9 Å². The SMILES string of the molecule is CCC1C(=O)NCCN1C(=O)NCCOc1ccc2c(c1)OCO2. The van der Waals surface area contributed by atoms with E-state index in [1.165, 1.54) is 0 Å². The minimum absolute atomic E-state index is 0.101. The molecular weight excluding hydrogens is 314 g/mol. The summed E-state index contributed by atoms with van der Waals surface area (Å²) in [5, 5.41) is 5.56. The predicted octanol–water partition coefficient (Wildman–Crippen LogP) is 0.714. The van der Waals surface area contributed by atoms with Crippen LogP contribution in [0.2, 0.25) is 0 Å². The Kier molecular flexibility index (Phi) is 4.93. The van der Waals surface area contributed by atoms with Gasteiger partial charge in [-0.2, -0.15) is 0 Å². The zero-order valence-electron chi connectivity index (χ0n) is 13.5. The fourth-order valence-corrected chi connectivity index (χ4v) is 2.76. The van der Waals surface area contributed by atoms with Crippen molar-refractivity contribution in [3.8, 4) is 17.2 Å². The Labute approximate surface area is 140 Å². The molecule has 0 saturated carbocycles. The first kappa shape index (κ1) is 16.2. The van der Waals surface area contributed by atoms with E-state index < -0.39 is 6.04 Å². The van der Waals surface area contributed by atoms with E-state index in [4.69, 9.17) is 14.2 Å². The molecule has 1 aromatic rings. The maximum atomic E-state index is 12.2. The lowest BCUT2D eigenvalue weighted by molar-refractivity contribution is -0.127. The number of benzene rings is 1. The molecule has 0 bridgehead atoms. The Bertz CT molecular complexity index is 622. The highest BCUT2D eigenvalue weighted by atomic mass is 16.7. The number of ether oxygens (including phenoxy) is 3. The van der Waals surface area contributed by atoms with Crippen LogP contribution >= 0.6 is 0 Å². The highest BCUT2D eigenvalue weighted by Gasteiger charge is 2.31. The number of hydrogen-bond acceptors (Lipinski definition) is 5. The normalized spacial score (nSPS) is 19.0. The maximum absolute atomic E-state index is 12.2. The molecule has 2 aliphatic heterocycles. The average Bonchev–Trinajstić information content (AvgIpc) is 3.06. The van der Waals surface area contributed by atoms with E-state index in [-0.39, 0.29) is 18.7 Å². The molecule has 2 heterocycles. The van der Waals surface area contributed by atoms with E-state index in [1.54, 1.807) is 23.1 Å². The number of carbonyl (C=O) groups is 2. The van der Waals surface area contributed by atoms with E-state index in [1.807, 2.05) is 6.92 Å². The molecule has 130 valence electrons. The molecule has 0 radical (unpaired) electrons. The highest BCUT2D eigenvalue weighted by molar-refractivity contribution is 5.88. The largest absolute Gasteiger partial charge is 0.492 e. The number of carbonyl (C=O) groups excluding carboxylic acids is 2. The van der Waals surface area contributed by atoms with E-state index in [2.05, 4.69) is 10.6 Å². The molecule has 1 unspecified atom stereocenters. The minimum Gasteiger partial charge on any atom is -0.492 e. The summed E-state index contributed by atoms with van der Waals surface area (Å²) in [5.41, 5.74) is 0. The summed E-state index contributed by atoms with van der Waals surface area (Å²) in [7, 11) is 0. The van der Waals surface area contributed by atoms with Crippen LogP contribution in [0.1, 0.15) is 13.3 Å². The first-order valence-corrected chi connectivity index (χ1v) is 8.03. The van der Waals surface area contributed by atoms with Gasteiger partial charge in [-0.15, -0.1) is 0 Å². The van der Waals surface area contributed by atoms with E-state index in [0.717, 1.165) is 0 Å². The Balaban J connectivity index is 1.44. The number of hydrogen-bond donors (Lipinski definition) is 2. The van der Waals surface area contributed by atoms with E-state index >= 15 is 0 Å². The van der Waals surface area contributed by atoms with Gasteiger partial charge in [0.05, 0.1) is 6.54 Å². The van der Waals surface area contributed by atoms with Crippen LogP contribution in [0.4, 0.5) is 4.79 Å². The van der Waals surface area contributed by atoms with Crippen molar-refractivity contribution in [2.75, 3.05) is 33.0 Å². The van der Waals surface area contributed by atoms with Crippen molar-refractivity contribution in [2.45, 2.75) is 19.4 Å². The molecule has 0 aliphatic carbocycles. The summed E-state index contributed by atoms with van der Waals surface area (Å²) in [6.07, 6.45) is 0.590. The van der Waals surface area contributed by atoms with Crippen molar-refractivity contribution in [2.24, 2.45) is 0 Å². The van der Waals surface area contributed by atoms with Crippen LogP contribution in [0.5, 0.6) is 17.2 Å². The van der Waals surface area contributed by atoms with Crippen LogP contribution < -0.4 is 24.8 Å². The highest BCUT2D eigenvalue weighted by Crippen LogP contribution is 2.34. The quantitative estimate of drug-likeness (QED) is 0.774. The summed E-state index contributed by atoms with van der Waals surface area (Å²) < 4.78 is 16.1. The molecule has 8 heteroatoms. The lowest BCUT2D eigenvalue weighted by Crippen LogP contribution is -2.59. The summed E-state index contributed by atoms with van der Waals surface area (Å²) >= 11 is 0. The van der Waals surface area contributed by atoms with Crippen LogP contribution in [0.25, 0.3) is 0 Å². The van der Waals surface area contributed by atoms with Gasteiger partial charge in [-0.3, -0.25) is 4.79 Å². The number of urea groups is 1. The van der Waals surface area contributed by atoms with Crippen molar-refractivity contribution in [3.63, 3.8) is 0 Å². The van der Waals surface area contributed by atoms with Crippen LogP contribution in [0, 0.1) is 0 Å². The number of rotatable bonds is 5. The molecule has 2 N–H and O–H groups in total. The van der Waals surface area contributed by atoms with Gasteiger partial charge in [0, 0.05) is 19.2 Å². The van der Waals surface area contributed by atoms with E-state index in [9.17, 15) is 9.59 Å². The second-order valence-corrected chi connectivity index (χ2v) is 5.50. The zero-order chi connectivity index (χ0) is 16.9. The van der Waals surface area contributed by atoms with Crippen molar-refractivity contribution < 1.29 is 23.8 Å². The third-order valence-corrected chi connectivity index (χ3v) is 3.97. The summed E-state index contributed by atoms with van der Waals surface area (Å²) in [6, 6.07) is 4.68. The molecule has 1 atom stereocenters. The Hall–Kier alpha value is -2.64. The van der Waals surface area contributed by atoms with Gasteiger partial charge < -0.3 is 29.7 Å². The Morgan fingerprint density at radius 1 is 1.42 bits per heavy atom. The zero-order valence-corrected chi connectivity index (χ0v) is 13.5. The second-order valence-electron chi connectivity index (χ2n) is 5.50. The molecule has 1 fully saturated rings. The predicted molar refractivity (Wildman–Crippen MR) is 85.3 cm³/mol. The van der Waals surface area contributed by atoms with Crippen molar-refractivity contribution in [1.82, 2.24) is 15.5 Å². The fourth-order valence-electron chi connectivity index (χ4n) is 2.76. The lowest BCUT2D eigenvalue weighted by atomic mass is 10.1. The standard InChI is InChI=1S/C16H21N3O5/c1-2-12-15(20)17-5-7-19(12)16(21)18-6-8-22-11-3-4-13-14(9-11)24-10-23-13/h3-4,9,12H,2,5-8,10H2,1H3,(H,17,20)(H,18,21). The van der Waals surface area contributed by atoms with Gasteiger partial charge in [-0.05, 0) is 18.6 Å². The minimum atomic E-state index is -0.409. The maximum Gasteiger partial charge on any atom is 0.318 e. The number of amides is 3. The summed E-state index contributed by atoms with van der Waals surface area (Å²) in [6.45, 7) is 3.77.